The summed E-state index contributed by atoms with van der Waals surface area (Å²) in [5.41, 5.74) is 0.619. The van der Waals surface area contributed by atoms with Crippen molar-refractivity contribution in [1.82, 2.24) is 9.80 Å². The molecule has 3 heterocycles. The lowest BCUT2D eigenvalue weighted by Gasteiger charge is -2.36. The predicted octanol–water partition coefficient (Wildman–Crippen LogP) is 2.39. The number of methoxy groups -OCH3 is 1. The molecular weight excluding hydrogens is 360 g/mol. The highest BCUT2D eigenvalue weighted by atomic mass is 16.5. The van der Waals surface area contributed by atoms with Crippen molar-refractivity contribution < 1.29 is 23.4 Å². The number of hydrogen-bond acceptors (Lipinski definition) is 6. The van der Waals surface area contributed by atoms with Gasteiger partial charge in [0, 0.05) is 50.8 Å². The van der Waals surface area contributed by atoms with E-state index < -0.39 is 0 Å². The first-order valence-electron chi connectivity index (χ1n) is 10.0. The summed E-state index contributed by atoms with van der Waals surface area (Å²) in [6.07, 6.45) is 1.72. The van der Waals surface area contributed by atoms with Crippen LogP contribution in [0.1, 0.15) is 23.4 Å². The van der Waals surface area contributed by atoms with Gasteiger partial charge in [-0.2, -0.15) is 0 Å². The molecule has 7 nitrogen and oxygen atoms in total. The van der Waals surface area contributed by atoms with Crippen LogP contribution in [0.4, 0.5) is 0 Å². The van der Waals surface area contributed by atoms with Gasteiger partial charge in [0.15, 0.2) is 17.1 Å². The first kappa shape index (κ1) is 19.2. The van der Waals surface area contributed by atoms with Crippen molar-refractivity contribution in [3.05, 3.63) is 30.0 Å². The van der Waals surface area contributed by atoms with Crippen LogP contribution in [0, 0.1) is 0 Å². The zero-order valence-electron chi connectivity index (χ0n) is 16.4. The molecule has 0 saturated carbocycles. The van der Waals surface area contributed by atoms with Crippen LogP contribution in [-0.2, 0) is 9.47 Å². The molecule has 1 aromatic heterocycles. The van der Waals surface area contributed by atoms with Crippen LogP contribution in [0.15, 0.2) is 28.7 Å². The van der Waals surface area contributed by atoms with Crippen molar-refractivity contribution in [3.8, 4) is 5.75 Å². The zero-order valence-corrected chi connectivity index (χ0v) is 16.4. The number of hydrogen-bond donors (Lipinski definition) is 0. The summed E-state index contributed by atoms with van der Waals surface area (Å²) >= 11 is 0. The predicted molar refractivity (Wildman–Crippen MR) is 105 cm³/mol. The van der Waals surface area contributed by atoms with E-state index in [4.69, 9.17) is 18.6 Å². The maximum atomic E-state index is 13.4. The van der Waals surface area contributed by atoms with E-state index in [1.165, 1.54) is 0 Å². The lowest BCUT2D eigenvalue weighted by atomic mass is 10.1. The quantitative estimate of drug-likeness (QED) is 0.757. The second-order valence-corrected chi connectivity index (χ2v) is 7.29. The summed E-state index contributed by atoms with van der Waals surface area (Å²) in [5, 5.41) is 0.878. The second kappa shape index (κ2) is 8.94. The molecule has 0 atom stereocenters. The number of benzene rings is 1. The fourth-order valence-electron chi connectivity index (χ4n) is 3.96. The topological polar surface area (TPSA) is 64.4 Å². The number of furan rings is 1. The Morgan fingerprint density at radius 1 is 1.18 bits per heavy atom. The summed E-state index contributed by atoms with van der Waals surface area (Å²) in [6.45, 7) is 6.26. The highest BCUT2D eigenvalue weighted by Gasteiger charge is 2.29. The second-order valence-electron chi connectivity index (χ2n) is 7.29. The lowest BCUT2D eigenvalue weighted by molar-refractivity contribution is 0.0130. The van der Waals surface area contributed by atoms with Crippen LogP contribution in [0.25, 0.3) is 11.0 Å². The number of para-hydroxylation sites is 1. The number of ether oxygens (including phenoxy) is 3. The maximum Gasteiger partial charge on any atom is 0.289 e. The van der Waals surface area contributed by atoms with E-state index in [1.807, 2.05) is 29.2 Å². The van der Waals surface area contributed by atoms with Gasteiger partial charge in [-0.15, -0.1) is 0 Å². The lowest BCUT2D eigenvalue weighted by Crippen LogP contribution is -2.48. The number of morpholine rings is 1. The highest BCUT2D eigenvalue weighted by molar-refractivity contribution is 5.97. The Kier molecular flexibility index (Phi) is 6.14. The normalized spacial score (nSPS) is 19.0. The van der Waals surface area contributed by atoms with Gasteiger partial charge in [-0.25, -0.2) is 0 Å². The van der Waals surface area contributed by atoms with Crippen LogP contribution >= 0.6 is 0 Å². The molecule has 2 aliphatic rings. The van der Waals surface area contributed by atoms with E-state index in [2.05, 4.69) is 4.90 Å². The van der Waals surface area contributed by atoms with Crippen molar-refractivity contribution >= 4 is 16.9 Å². The van der Waals surface area contributed by atoms with E-state index in [0.29, 0.717) is 36.9 Å². The van der Waals surface area contributed by atoms with Crippen LogP contribution in [-0.4, -0.2) is 81.5 Å². The number of rotatable bonds is 6. The van der Waals surface area contributed by atoms with E-state index in [1.54, 1.807) is 7.11 Å². The molecule has 0 aliphatic carbocycles. The Hall–Kier alpha value is -2.09. The Bertz CT molecular complexity index is 793. The van der Waals surface area contributed by atoms with Crippen LogP contribution in [0.2, 0.25) is 0 Å². The van der Waals surface area contributed by atoms with Gasteiger partial charge in [0.2, 0.25) is 0 Å². The molecule has 0 spiro atoms. The molecule has 2 aliphatic heterocycles. The molecular formula is C21H28N2O5. The Morgan fingerprint density at radius 3 is 2.68 bits per heavy atom. The Balaban J connectivity index is 1.54. The Morgan fingerprint density at radius 2 is 1.93 bits per heavy atom. The van der Waals surface area contributed by atoms with Gasteiger partial charge in [-0.05, 0) is 25.0 Å². The van der Waals surface area contributed by atoms with E-state index in [0.717, 1.165) is 51.1 Å². The molecule has 28 heavy (non-hydrogen) atoms. The van der Waals surface area contributed by atoms with Crippen molar-refractivity contribution in [2.45, 2.75) is 18.9 Å². The first-order valence-corrected chi connectivity index (χ1v) is 10.0. The minimum Gasteiger partial charge on any atom is -0.493 e. The molecule has 2 saturated heterocycles. The fourth-order valence-corrected chi connectivity index (χ4v) is 3.96. The van der Waals surface area contributed by atoms with Gasteiger partial charge in [-0.3, -0.25) is 9.69 Å². The summed E-state index contributed by atoms with van der Waals surface area (Å²) in [7, 11) is 1.61. The first-order chi connectivity index (χ1) is 13.8. The average Bonchev–Trinajstić information content (AvgIpc) is 3.20. The summed E-state index contributed by atoms with van der Waals surface area (Å²) < 4.78 is 22.2. The van der Waals surface area contributed by atoms with Crippen molar-refractivity contribution in [1.29, 1.82) is 0 Å². The molecule has 4 rings (SSSR count). The third kappa shape index (κ3) is 4.16. The minimum absolute atomic E-state index is 0.0570. The molecule has 0 unspecified atom stereocenters. The molecule has 152 valence electrons. The third-order valence-electron chi connectivity index (χ3n) is 5.59. The van der Waals surface area contributed by atoms with Crippen LogP contribution in [0.5, 0.6) is 5.75 Å². The van der Waals surface area contributed by atoms with Crippen LogP contribution in [0.3, 0.4) is 0 Å². The van der Waals surface area contributed by atoms with E-state index in [9.17, 15) is 4.79 Å². The van der Waals surface area contributed by atoms with E-state index >= 15 is 0 Å². The van der Waals surface area contributed by atoms with Gasteiger partial charge in [0.1, 0.15) is 0 Å². The number of nitrogens with zero attached hydrogens (tertiary/aromatic N) is 2. The van der Waals surface area contributed by atoms with Gasteiger partial charge in [0.05, 0.1) is 20.3 Å². The molecule has 0 N–H and O–H groups in total. The number of fused-ring (bicyclic) bond motifs is 1. The smallest absolute Gasteiger partial charge is 0.289 e. The maximum absolute atomic E-state index is 13.4. The van der Waals surface area contributed by atoms with E-state index in [-0.39, 0.29) is 11.9 Å². The van der Waals surface area contributed by atoms with Gasteiger partial charge < -0.3 is 23.5 Å². The summed E-state index contributed by atoms with van der Waals surface area (Å²) in [4.78, 5) is 17.7. The molecule has 2 aromatic rings. The third-order valence-corrected chi connectivity index (χ3v) is 5.59. The number of amides is 1. The number of carbonyl (C=O) groups excluding carboxylic acids is 1. The van der Waals surface area contributed by atoms with Gasteiger partial charge in [0.25, 0.3) is 5.91 Å². The molecule has 0 radical (unpaired) electrons. The Labute approximate surface area is 165 Å². The number of carbonyl (C=O) groups is 1. The molecule has 1 aromatic carbocycles. The van der Waals surface area contributed by atoms with Crippen molar-refractivity contribution in [3.63, 3.8) is 0 Å². The van der Waals surface area contributed by atoms with Crippen molar-refractivity contribution in [2.24, 2.45) is 0 Å². The van der Waals surface area contributed by atoms with Gasteiger partial charge >= 0.3 is 0 Å². The molecule has 2 fully saturated rings. The molecule has 0 bridgehead atoms. The average molecular weight is 388 g/mol. The highest BCUT2D eigenvalue weighted by Crippen LogP contribution is 2.29. The molecule has 1 amide bonds. The van der Waals surface area contributed by atoms with Crippen molar-refractivity contribution in [2.75, 3.05) is 59.7 Å². The minimum atomic E-state index is -0.0570. The largest absolute Gasteiger partial charge is 0.493 e. The summed E-state index contributed by atoms with van der Waals surface area (Å²) in [6, 6.07) is 7.68. The fraction of sp³-hybridized carbons (Fsp3) is 0.571. The molecule has 7 heteroatoms. The monoisotopic (exact) mass is 388 g/mol. The zero-order chi connectivity index (χ0) is 19.3. The standard InChI is InChI=1S/C21H28N2O5/c1-25-18-4-2-3-16-15-19(28-20(16)18)21(24)23(17-5-11-26-12-6-17)8-7-22-9-13-27-14-10-22/h2-4,15,17H,5-14H2,1H3. The van der Waals surface area contributed by atoms with Crippen LogP contribution < -0.4 is 4.74 Å². The summed E-state index contributed by atoms with van der Waals surface area (Å²) in [5.74, 6) is 0.953. The SMILES string of the molecule is COc1cccc2cc(C(=O)N(CCN3CCOCC3)C3CCOCC3)oc12. The van der Waals surface area contributed by atoms with Gasteiger partial charge in [-0.1, -0.05) is 12.1 Å².